The Hall–Kier alpha value is -3.05. The van der Waals surface area contributed by atoms with Crippen molar-refractivity contribution in [1.29, 1.82) is 5.26 Å². The fourth-order valence-electron chi connectivity index (χ4n) is 5.56. The summed E-state index contributed by atoms with van der Waals surface area (Å²) < 4.78 is 17.9. The summed E-state index contributed by atoms with van der Waals surface area (Å²) in [5.41, 5.74) is 5.09. The van der Waals surface area contributed by atoms with Crippen LogP contribution in [0.1, 0.15) is 44.7 Å². The van der Waals surface area contributed by atoms with Gasteiger partial charge in [-0.1, -0.05) is 26.0 Å². The molecule has 7 nitrogen and oxygen atoms in total. The van der Waals surface area contributed by atoms with Gasteiger partial charge in [-0.15, -0.1) is 0 Å². The van der Waals surface area contributed by atoms with Crippen LogP contribution in [0.2, 0.25) is 0 Å². The van der Waals surface area contributed by atoms with Gasteiger partial charge in [-0.2, -0.15) is 5.26 Å². The number of benzene rings is 2. The first-order chi connectivity index (χ1) is 17.4. The highest BCUT2D eigenvalue weighted by molar-refractivity contribution is 5.93. The lowest BCUT2D eigenvalue weighted by Crippen LogP contribution is -2.45. The molecule has 0 saturated carbocycles. The first kappa shape index (κ1) is 24.6. The van der Waals surface area contributed by atoms with Gasteiger partial charge in [-0.3, -0.25) is 0 Å². The number of anilines is 1. The Bertz CT molecular complexity index is 1270. The van der Waals surface area contributed by atoms with Crippen molar-refractivity contribution >= 4 is 16.6 Å². The molecule has 3 aromatic rings. The molecule has 2 fully saturated rings. The van der Waals surface area contributed by atoms with Crippen molar-refractivity contribution in [3.63, 3.8) is 0 Å². The summed E-state index contributed by atoms with van der Waals surface area (Å²) in [5, 5.41) is 21.1. The minimum absolute atomic E-state index is 0.217. The summed E-state index contributed by atoms with van der Waals surface area (Å²) in [6.45, 7) is 11.0. The van der Waals surface area contributed by atoms with Crippen molar-refractivity contribution in [1.82, 2.24) is 4.98 Å². The number of aromatic nitrogens is 1. The number of rotatable bonds is 8. The minimum atomic E-state index is -0.788. The number of aromatic amines is 1. The lowest BCUT2D eigenvalue weighted by molar-refractivity contribution is -0.0621. The molecular formula is C29H35N3O4. The molecule has 3 heterocycles. The Morgan fingerprint density at radius 3 is 2.56 bits per heavy atom. The number of fused-ring (bicyclic) bond motifs is 2. The van der Waals surface area contributed by atoms with Crippen molar-refractivity contribution < 1.29 is 19.3 Å². The van der Waals surface area contributed by atoms with E-state index in [0.29, 0.717) is 18.1 Å². The fourth-order valence-corrected chi connectivity index (χ4v) is 5.56. The molecule has 0 radical (unpaired) electrons. The maximum atomic E-state index is 10.3. The largest absolute Gasteiger partial charge is 0.469 e. The number of hydrogen-bond acceptors (Lipinski definition) is 6. The van der Waals surface area contributed by atoms with E-state index in [-0.39, 0.29) is 12.7 Å². The summed E-state index contributed by atoms with van der Waals surface area (Å²) in [6.07, 6.45) is 0.746. The van der Waals surface area contributed by atoms with Gasteiger partial charge in [0.2, 0.25) is 5.88 Å². The topological polar surface area (TPSA) is 90.7 Å². The van der Waals surface area contributed by atoms with E-state index in [1.807, 2.05) is 6.92 Å². The molecule has 2 N–H and O–H groups in total. The molecule has 0 bridgehead atoms. The summed E-state index contributed by atoms with van der Waals surface area (Å²) in [7, 11) is 0. The van der Waals surface area contributed by atoms with Gasteiger partial charge in [-0.05, 0) is 67.6 Å². The zero-order valence-electron chi connectivity index (χ0n) is 21.5. The van der Waals surface area contributed by atoms with Crippen LogP contribution in [0.15, 0.2) is 36.4 Å². The van der Waals surface area contributed by atoms with Crippen molar-refractivity contribution in [3.05, 3.63) is 47.5 Å². The van der Waals surface area contributed by atoms with Crippen molar-refractivity contribution in [2.75, 3.05) is 31.2 Å². The lowest BCUT2D eigenvalue weighted by Gasteiger charge is -2.25. The molecule has 2 aliphatic rings. The Kier molecular flexibility index (Phi) is 6.69. The van der Waals surface area contributed by atoms with E-state index in [1.165, 1.54) is 5.69 Å². The average Bonchev–Trinajstić information content (AvgIpc) is 3.48. The summed E-state index contributed by atoms with van der Waals surface area (Å²) in [5.74, 6) is 0.414. The van der Waals surface area contributed by atoms with E-state index < -0.39 is 17.8 Å². The van der Waals surface area contributed by atoms with E-state index in [4.69, 9.17) is 14.2 Å². The number of aryl methyl sites for hydroxylation is 1. The van der Waals surface area contributed by atoms with Crippen molar-refractivity contribution in [2.24, 2.45) is 0 Å². The van der Waals surface area contributed by atoms with Gasteiger partial charge in [0.1, 0.15) is 29.4 Å². The molecule has 1 aromatic heterocycles. The van der Waals surface area contributed by atoms with Crippen LogP contribution >= 0.6 is 0 Å². The highest BCUT2D eigenvalue weighted by atomic mass is 16.6. The fraction of sp³-hybridized carbons (Fsp3) is 0.483. The van der Waals surface area contributed by atoms with Crippen LogP contribution in [0.4, 0.5) is 5.69 Å². The third kappa shape index (κ3) is 4.13. The first-order valence-electron chi connectivity index (χ1n) is 12.9. The maximum absolute atomic E-state index is 10.3. The normalized spacial score (nSPS) is 25.2. The minimum Gasteiger partial charge on any atom is -0.469 e. The average molecular weight is 490 g/mol. The summed E-state index contributed by atoms with van der Waals surface area (Å²) >= 11 is 0. The maximum Gasteiger partial charge on any atom is 0.210 e. The van der Waals surface area contributed by atoms with Crippen LogP contribution in [0.5, 0.6) is 5.88 Å². The standard InChI is InChI=1S/C29H35N3O4/c1-5-11-32(12-6-2)20-9-7-19(8-10-20)21-14-22-23(15-30)28(31-24(22)13-18(21)3)36-25-16-35-29(4)26(33)17-34-27(25)29/h7-10,13-14,25-27,31,33H,5-6,11-12,16-17H2,1-4H3/t25?,26-,27?,29+/m0/s1. The quantitative estimate of drug-likeness (QED) is 0.466. The third-order valence-electron chi connectivity index (χ3n) is 7.58. The predicted octanol–water partition coefficient (Wildman–Crippen LogP) is 4.94. The van der Waals surface area contributed by atoms with Crippen LogP contribution in [0.25, 0.3) is 22.0 Å². The van der Waals surface area contributed by atoms with E-state index in [2.05, 4.69) is 73.1 Å². The molecule has 7 heteroatoms. The van der Waals surface area contributed by atoms with Gasteiger partial charge in [0, 0.05) is 29.7 Å². The number of hydrogen-bond donors (Lipinski definition) is 2. The van der Waals surface area contributed by atoms with E-state index in [1.54, 1.807) is 0 Å². The number of nitrogens with one attached hydrogen (secondary N) is 1. The zero-order valence-corrected chi connectivity index (χ0v) is 21.5. The molecule has 2 aliphatic heterocycles. The van der Waals surface area contributed by atoms with Gasteiger partial charge in [0.15, 0.2) is 6.10 Å². The van der Waals surface area contributed by atoms with Gasteiger partial charge >= 0.3 is 0 Å². The summed E-state index contributed by atoms with van der Waals surface area (Å²) in [6, 6.07) is 15.2. The highest BCUT2D eigenvalue weighted by Crippen LogP contribution is 2.40. The van der Waals surface area contributed by atoms with Gasteiger partial charge < -0.3 is 29.2 Å². The molecule has 4 atom stereocenters. The molecule has 36 heavy (non-hydrogen) atoms. The van der Waals surface area contributed by atoms with Crippen molar-refractivity contribution in [3.8, 4) is 23.1 Å². The van der Waals surface area contributed by atoms with Crippen LogP contribution in [0, 0.1) is 18.3 Å². The lowest BCUT2D eigenvalue weighted by atomic mass is 9.95. The number of nitriles is 1. The monoisotopic (exact) mass is 489 g/mol. The smallest absolute Gasteiger partial charge is 0.210 e. The molecule has 0 aliphatic carbocycles. The number of ether oxygens (including phenoxy) is 3. The van der Waals surface area contributed by atoms with Gasteiger partial charge in [0.25, 0.3) is 0 Å². The number of aliphatic hydroxyl groups excluding tert-OH is 1. The van der Waals surface area contributed by atoms with Crippen LogP contribution < -0.4 is 9.64 Å². The summed E-state index contributed by atoms with van der Waals surface area (Å²) in [4.78, 5) is 5.72. The molecule has 0 spiro atoms. The van der Waals surface area contributed by atoms with Gasteiger partial charge in [-0.25, -0.2) is 0 Å². The predicted molar refractivity (Wildman–Crippen MR) is 141 cm³/mol. The van der Waals surface area contributed by atoms with E-state index in [0.717, 1.165) is 53.5 Å². The highest BCUT2D eigenvalue weighted by Gasteiger charge is 2.58. The molecule has 2 unspecified atom stereocenters. The number of aliphatic hydroxyl groups is 1. The SMILES string of the molecule is CCCN(CCC)c1ccc(-c2cc3c(C#N)c(OC4CO[C@@]5(C)C4OC[C@@H]5O)[nH]c3cc2C)cc1. The first-order valence-corrected chi connectivity index (χ1v) is 12.9. The Balaban J connectivity index is 1.45. The number of H-pyrrole nitrogens is 1. The Labute approximate surface area is 212 Å². The molecule has 190 valence electrons. The molecule has 0 amide bonds. The molecule has 2 aromatic carbocycles. The zero-order chi connectivity index (χ0) is 25.4. The number of nitrogens with zero attached hydrogens (tertiary/aromatic N) is 2. The second kappa shape index (κ2) is 9.78. The van der Waals surface area contributed by atoms with Crippen LogP contribution in [0.3, 0.4) is 0 Å². The molecule has 2 saturated heterocycles. The van der Waals surface area contributed by atoms with Crippen LogP contribution in [-0.4, -0.2) is 60.3 Å². The van der Waals surface area contributed by atoms with E-state index >= 15 is 0 Å². The van der Waals surface area contributed by atoms with E-state index in [9.17, 15) is 10.4 Å². The van der Waals surface area contributed by atoms with Gasteiger partial charge in [0.05, 0.1) is 13.2 Å². The van der Waals surface area contributed by atoms with Crippen LogP contribution in [-0.2, 0) is 9.47 Å². The molecule has 5 rings (SSSR count). The van der Waals surface area contributed by atoms with Crippen molar-refractivity contribution in [2.45, 2.75) is 64.4 Å². The Morgan fingerprint density at radius 2 is 1.89 bits per heavy atom. The second-order valence-corrected chi connectivity index (χ2v) is 10.1. The Morgan fingerprint density at radius 1 is 1.17 bits per heavy atom. The third-order valence-corrected chi connectivity index (χ3v) is 7.58. The second-order valence-electron chi connectivity index (χ2n) is 10.1. The molecular weight excluding hydrogens is 454 g/mol.